The van der Waals surface area contributed by atoms with Crippen LogP contribution in [0.1, 0.15) is 30.6 Å². The summed E-state index contributed by atoms with van der Waals surface area (Å²) in [6.45, 7) is 3.45. The van der Waals surface area contributed by atoms with Gasteiger partial charge in [-0.3, -0.25) is 24.1 Å². The molecule has 0 spiro atoms. The molecular weight excluding hydrogens is 416 g/mol. The zero-order valence-electron chi connectivity index (χ0n) is 18.4. The normalized spacial score (nSPS) is 29.7. The molecule has 166 valence electrons. The maximum atomic E-state index is 13.7. The van der Waals surface area contributed by atoms with E-state index in [1.165, 1.54) is 4.90 Å². The van der Waals surface area contributed by atoms with Crippen molar-refractivity contribution in [1.82, 2.24) is 5.32 Å². The van der Waals surface area contributed by atoms with Gasteiger partial charge in [0.05, 0.1) is 17.5 Å². The van der Waals surface area contributed by atoms with Crippen LogP contribution in [0.2, 0.25) is 0 Å². The third-order valence-corrected chi connectivity index (χ3v) is 7.12. The topological polar surface area (TPSA) is 83.6 Å². The van der Waals surface area contributed by atoms with Crippen molar-refractivity contribution in [2.24, 2.45) is 17.8 Å². The molecule has 3 amide bonds. The van der Waals surface area contributed by atoms with E-state index in [9.17, 15) is 19.2 Å². The number of amides is 3. The Hall–Kier alpha value is -3.80. The molecular formula is C27H24N2O4. The van der Waals surface area contributed by atoms with Gasteiger partial charge in [-0.2, -0.15) is 0 Å². The third-order valence-electron chi connectivity index (χ3n) is 7.12. The molecule has 5 rings (SSSR count). The number of Topliss-reactive ketones (excluding diaryl/α,β-unsaturated/α-hetero) is 1. The molecule has 1 saturated carbocycles. The fraction of sp³-hybridized carbons (Fsp3) is 0.259. The number of nitrogens with zero attached hydrogens (tertiary/aromatic N) is 1. The van der Waals surface area contributed by atoms with E-state index in [-0.39, 0.29) is 23.5 Å². The second kappa shape index (κ2) is 7.66. The Morgan fingerprint density at radius 3 is 2.27 bits per heavy atom. The summed E-state index contributed by atoms with van der Waals surface area (Å²) in [5, 5.41) is 2.94. The summed E-state index contributed by atoms with van der Waals surface area (Å²) in [5.74, 6) is -3.11. The van der Waals surface area contributed by atoms with Gasteiger partial charge in [0, 0.05) is 17.1 Å². The van der Waals surface area contributed by atoms with Crippen LogP contribution in [0.4, 0.5) is 5.69 Å². The van der Waals surface area contributed by atoms with E-state index in [1.807, 2.05) is 18.2 Å². The number of anilines is 1. The number of carbonyl (C=O) groups excluding carboxylic acids is 4. The van der Waals surface area contributed by atoms with Gasteiger partial charge in [-0.05, 0) is 50.1 Å². The number of hydrogen-bond acceptors (Lipinski definition) is 4. The van der Waals surface area contributed by atoms with Crippen LogP contribution in [-0.4, -0.2) is 29.0 Å². The quantitative estimate of drug-likeness (QED) is 0.585. The van der Waals surface area contributed by atoms with Crippen LogP contribution in [0.3, 0.4) is 0 Å². The monoisotopic (exact) mass is 440 g/mol. The zero-order chi connectivity index (χ0) is 23.3. The van der Waals surface area contributed by atoms with E-state index in [1.54, 1.807) is 68.5 Å². The molecule has 2 aliphatic carbocycles. The molecule has 1 saturated heterocycles. The summed E-state index contributed by atoms with van der Waals surface area (Å²) >= 11 is 0. The first-order valence-electron chi connectivity index (χ1n) is 11.1. The largest absolute Gasteiger partial charge is 0.339 e. The van der Waals surface area contributed by atoms with Crippen molar-refractivity contribution in [1.29, 1.82) is 0 Å². The minimum atomic E-state index is -1.34. The van der Waals surface area contributed by atoms with Gasteiger partial charge in [0.2, 0.25) is 11.8 Å². The van der Waals surface area contributed by atoms with Crippen molar-refractivity contribution in [2.45, 2.75) is 25.8 Å². The van der Waals surface area contributed by atoms with Gasteiger partial charge in [-0.25, -0.2) is 0 Å². The van der Waals surface area contributed by atoms with Crippen LogP contribution in [0.5, 0.6) is 0 Å². The lowest BCUT2D eigenvalue weighted by Gasteiger charge is -2.37. The van der Waals surface area contributed by atoms with Crippen molar-refractivity contribution in [3.8, 4) is 0 Å². The van der Waals surface area contributed by atoms with E-state index in [4.69, 9.17) is 0 Å². The van der Waals surface area contributed by atoms with E-state index in [0.29, 0.717) is 23.2 Å². The molecule has 0 bridgehead atoms. The SMILES string of the molecule is C/C=C1\C(=O)[C@@](C)(NC(=O)c2ccccc2)[C@H]2C1=CCC1C(=O)N(c3ccccc3)C(=O)C12. The minimum Gasteiger partial charge on any atom is -0.339 e. The van der Waals surface area contributed by atoms with Crippen molar-refractivity contribution in [2.75, 3.05) is 4.90 Å². The van der Waals surface area contributed by atoms with Crippen molar-refractivity contribution in [3.63, 3.8) is 0 Å². The molecule has 2 fully saturated rings. The van der Waals surface area contributed by atoms with Crippen LogP contribution >= 0.6 is 0 Å². The molecule has 2 aromatic carbocycles. The number of nitrogens with one attached hydrogen (secondary N) is 1. The zero-order valence-corrected chi connectivity index (χ0v) is 18.4. The lowest BCUT2D eigenvalue weighted by Crippen LogP contribution is -2.57. The summed E-state index contributed by atoms with van der Waals surface area (Å²) in [6, 6.07) is 17.5. The Morgan fingerprint density at radius 2 is 1.64 bits per heavy atom. The maximum Gasteiger partial charge on any atom is 0.252 e. The predicted octanol–water partition coefficient (Wildman–Crippen LogP) is 3.46. The van der Waals surface area contributed by atoms with Gasteiger partial charge in [-0.15, -0.1) is 0 Å². The summed E-state index contributed by atoms with van der Waals surface area (Å²) < 4.78 is 0. The Morgan fingerprint density at radius 1 is 1.00 bits per heavy atom. The molecule has 1 N–H and O–H groups in total. The fourth-order valence-corrected chi connectivity index (χ4v) is 5.61. The second-order valence-corrected chi connectivity index (χ2v) is 8.91. The Labute approximate surface area is 192 Å². The highest BCUT2D eigenvalue weighted by molar-refractivity contribution is 6.24. The van der Waals surface area contributed by atoms with Gasteiger partial charge in [0.25, 0.3) is 5.91 Å². The molecule has 2 unspecified atom stereocenters. The molecule has 1 aliphatic heterocycles. The van der Waals surface area contributed by atoms with E-state index >= 15 is 0 Å². The van der Waals surface area contributed by atoms with Crippen molar-refractivity contribution in [3.05, 3.63) is 89.5 Å². The molecule has 6 heteroatoms. The van der Waals surface area contributed by atoms with Gasteiger partial charge in [-0.1, -0.05) is 48.6 Å². The van der Waals surface area contributed by atoms with Crippen LogP contribution < -0.4 is 10.2 Å². The minimum absolute atomic E-state index is 0.232. The van der Waals surface area contributed by atoms with Crippen molar-refractivity contribution < 1.29 is 19.2 Å². The van der Waals surface area contributed by atoms with Crippen LogP contribution in [0, 0.1) is 17.8 Å². The molecule has 0 radical (unpaired) electrons. The number of fused-ring (bicyclic) bond motifs is 3. The maximum absolute atomic E-state index is 13.7. The van der Waals surface area contributed by atoms with E-state index in [0.717, 1.165) is 5.57 Å². The summed E-state index contributed by atoms with van der Waals surface area (Å²) in [6.07, 6.45) is 4.02. The molecule has 1 heterocycles. The number of imide groups is 1. The summed E-state index contributed by atoms with van der Waals surface area (Å²) in [4.78, 5) is 54.9. The summed E-state index contributed by atoms with van der Waals surface area (Å²) in [7, 11) is 0. The molecule has 2 aromatic rings. The van der Waals surface area contributed by atoms with Crippen LogP contribution in [0.25, 0.3) is 0 Å². The number of hydrogen-bond donors (Lipinski definition) is 1. The molecule has 4 atom stereocenters. The number of allylic oxidation sites excluding steroid dienone is 2. The van der Waals surface area contributed by atoms with E-state index in [2.05, 4.69) is 5.32 Å². The first-order valence-corrected chi connectivity index (χ1v) is 11.1. The third kappa shape index (κ3) is 3.01. The number of ketones is 1. The van der Waals surface area contributed by atoms with Crippen LogP contribution in [-0.2, 0) is 14.4 Å². The fourth-order valence-electron chi connectivity index (χ4n) is 5.61. The lowest BCUT2D eigenvalue weighted by atomic mass is 9.68. The summed E-state index contributed by atoms with van der Waals surface area (Å²) in [5.41, 5.74) is 0.863. The lowest BCUT2D eigenvalue weighted by molar-refractivity contribution is -0.125. The first-order chi connectivity index (χ1) is 15.9. The highest BCUT2D eigenvalue weighted by atomic mass is 16.2. The number of carbonyl (C=O) groups is 4. The predicted molar refractivity (Wildman–Crippen MR) is 123 cm³/mol. The smallest absolute Gasteiger partial charge is 0.252 e. The number of rotatable bonds is 3. The van der Waals surface area contributed by atoms with E-state index < -0.39 is 23.3 Å². The Balaban J connectivity index is 1.58. The second-order valence-electron chi connectivity index (χ2n) is 8.91. The average molecular weight is 440 g/mol. The van der Waals surface area contributed by atoms with Gasteiger partial charge < -0.3 is 5.32 Å². The van der Waals surface area contributed by atoms with Gasteiger partial charge in [0.1, 0.15) is 5.54 Å². The molecule has 33 heavy (non-hydrogen) atoms. The number of para-hydroxylation sites is 1. The first kappa shape index (κ1) is 21.1. The van der Waals surface area contributed by atoms with Crippen molar-refractivity contribution >= 4 is 29.2 Å². The molecule has 6 nitrogen and oxygen atoms in total. The highest BCUT2D eigenvalue weighted by Gasteiger charge is 2.64. The Bertz CT molecular complexity index is 1230. The molecule has 3 aliphatic rings. The molecule has 0 aromatic heterocycles. The average Bonchev–Trinajstić information content (AvgIpc) is 3.21. The van der Waals surface area contributed by atoms with Gasteiger partial charge >= 0.3 is 0 Å². The van der Waals surface area contributed by atoms with Crippen LogP contribution in [0.15, 0.2) is 84.0 Å². The number of benzene rings is 2. The van der Waals surface area contributed by atoms with Gasteiger partial charge in [0.15, 0.2) is 5.78 Å². The highest BCUT2D eigenvalue weighted by Crippen LogP contribution is 2.54. The Kier molecular flexibility index (Phi) is 4.89. The standard InChI is InChI=1S/C27H24N2O4/c1-3-18-19-14-15-20-21(26(33)29(25(20)32)17-12-8-5-9-13-17)22(19)27(2,23(18)30)28-24(31)16-10-6-4-7-11-16/h3-14,20-22H,15H2,1-2H3,(H,28,31)/b18-3-/t20?,21?,22-,27-/m0/s1.